The van der Waals surface area contributed by atoms with Gasteiger partial charge in [-0.25, -0.2) is 14.5 Å². The van der Waals surface area contributed by atoms with E-state index < -0.39 is 11.9 Å². The fourth-order valence-corrected chi connectivity index (χ4v) is 4.01. The van der Waals surface area contributed by atoms with Gasteiger partial charge in [-0.2, -0.15) is 5.10 Å². The highest BCUT2D eigenvalue weighted by molar-refractivity contribution is 7.99. The van der Waals surface area contributed by atoms with Crippen molar-refractivity contribution in [3.05, 3.63) is 75.2 Å². The zero-order valence-corrected chi connectivity index (χ0v) is 19.3. The minimum absolute atomic E-state index is 0.125. The number of H-pyrrole nitrogens is 1. The number of imide groups is 1. The molecular formula is C22H19ClN6O3S. The van der Waals surface area contributed by atoms with E-state index in [1.165, 1.54) is 10.9 Å². The van der Waals surface area contributed by atoms with Gasteiger partial charge in [0, 0.05) is 10.7 Å². The first-order valence-electron chi connectivity index (χ1n) is 9.85. The van der Waals surface area contributed by atoms with Gasteiger partial charge in [0.25, 0.3) is 5.56 Å². The van der Waals surface area contributed by atoms with Crippen molar-refractivity contribution in [3.8, 4) is 5.69 Å². The minimum atomic E-state index is -0.636. The molecule has 0 radical (unpaired) electrons. The van der Waals surface area contributed by atoms with Crippen LogP contribution in [-0.4, -0.2) is 37.4 Å². The van der Waals surface area contributed by atoms with Gasteiger partial charge >= 0.3 is 6.03 Å². The van der Waals surface area contributed by atoms with Gasteiger partial charge in [0.15, 0.2) is 10.8 Å². The molecule has 168 valence electrons. The summed E-state index contributed by atoms with van der Waals surface area (Å²) in [6, 6.07) is 11.9. The molecule has 0 spiro atoms. The number of hydrogen-bond donors (Lipinski definition) is 3. The lowest BCUT2D eigenvalue weighted by Crippen LogP contribution is -2.35. The Kier molecular flexibility index (Phi) is 6.47. The lowest BCUT2D eigenvalue weighted by Gasteiger charge is -2.09. The molecule has 3 amide bonds. The van der Waals surface area contributed by atoms with Crippen LogP contribution in [0.2, 0.25) is 5.02 Å². The fourth-order valence-electron chi connectivity index (χ4n) is 3.17. The Morgan fingerprint density at radius 3 is 2.76 bits per heavy atom. The van der Waals surface area contributed by atoms with Crippen LogP contribution in [0.4, 0.5) is 10.5 Å². The highest BCUT2D eigenvalue weighted by Crippen LogP contribution is 2.20. The zero-order chi connectivity index (χ0) is 23.5. The average Bonchev–Trinajstić information content (AvgIpc) is 3.19. The molecular weight excluding hydrogens is 464 g/mol. The molecule has 0 bridgehead atoms. The second kappa shape index (κ2) is 9.47. The summed E-state index contributed by atoms with van der Waals surface area (Å²) in [5.74, 6) is -0.659. The Bertz CT molecular complexity index is 1430. The fraction of sp³-hybridized carbons (Fsp3) is 0.136. The molecule has 0 saturated carbocycles. The van der Waals surface area contributed by atoms with Crippen molar-refractivity contribution >= 4 is 52.0 Å². The first kappa shape index (κ1) is 22.6. The summed E-state index contributed by atoms with van der Waals surface area (Å²) in [5, 5.41) is 10.2. The van der Waals surface area contributed by atoms with E-state index >= 15 is 0 Å². The lowest BCUT2D eigenvalue weighted by molar-refractivity contribution is -0.117. The van der Waals surface area contributed by atoms with Crippen molar-refractivity contribution in [2.75, 3.05) is 11.1 Å². The number of nitrogens with zero attached hydrogens (tertiary/aromatic N) is 3. The monoisotopic (exact) mass is 482 g/mol. The number of hydrogen-bond acceptors (Lipinski definition) is 6. The molecule has 0 fully saturated rings. The Morgan fingerprint density at radius 2 is 2.00 bits per heavy atom. The molecule has 2 aromatic carbocycles. The van der Waals surface area contributed by atoms with Crippen LogP contribution >= 0.6 is 23.4 Å². The maximum absolute atomic E-state index is 12.4. The van der Waals surface area contributed by atoms with Gasteiger partial charge in [-0.3, -0.25) is 14.9 Å². The zero-order valence-electron chi connectivity index (χ0n) is 17.7. The van der Waals surface area contributed by atoms with Crippen LogP contribution in [0.15, 0.2) is 58.6 Å². The van der Waals surface area contributed by atoms with Crippen LogP contribution in [0.1, 0.15) is 11.1 Å². The third-order valence-electron chi connectivity index (χ3n) is 4.69. The van der Waals surface area contributed by atoms with E-state index in [2.05, 4.69) is 25.7 Å². The first-order valence-corrected chi connectivity index (χ1v) is 11.2. The molecule has 0 aliphatic rings. The smallest absolute Gasteiger partial charge is 0.307 e. The number of aromatic nitrogens is 4. The van der Waals surface area contributed by atoms with E-state index in [0.29, 0.717) is 27.4 Å². The number of urea groups is 1. The Labute approximate surface area is 197 Å². The predicted octanol–water partition coefficient (Wildman–Crippen LogP) is 3.82. The van der Waals surface area contributed by atoms with Gasteiger partial charge in [0.1, 0.15) is 5.39 Å². The number of carbonyl (C=O) groups excluding carboxylic acids is 2. The second-order valence-corrected chi connectivity index (χ2v) is 8.65. The molecule has 11 heteroatoms. The molecule has 33 heavy (non-hydrogen) atoms. The van der Waals surface area contributed by atoms with Gasteiger partial charge in [-0.05, 0) is 43.7 Å². The molecule has 0 aliphatic heterocycles. The summed E-state index contributed by atoms with van der Waals surface area (Å²) in [7, 11) is 0. The van der Waals surface area contributed by atoms with Gasteiger partial charge in [0.05, 0.1) is 17.6 Å². The van der Waals surface area contributed by atoms with E-state index in [-0.39, 0.29) is 16.5 Å². The third-order valence-corrected chi connectivity index (χ3v) is 5.80. The Balaban J connectivity index is 1.44. The van der Waals surface area contributed by atoms with Gasteiger partial charge < -0.3 is 10.3 Å². The molecule has 4 aromatic rings. The Morgan fingerprint density at radius 1 is 1.18 bits per heavy atom. The van der Waals surface area contributed by atoms with Crippen molar-refractivity contribution in [2.24, 2.45) is 0 Å². The highest BCUT2D eigenvalue weighted by Gasteiger charge is 2.14. The molecule has 0 saturated heterocycles. The number of benzene rings is 2. The van der Waals surface area contributed by atoms with E-state index in [4.69, 9.17) is 11.6 Å². The maximum Gasteiger partial charge on any atom is 0.325 e. The summed E-state index contributed by atoms with van der Waals surface area (Å²) in [5.41, 5.74) is 3.16. The predicted molar refractivity (Wildman–Crippen MR) is 128 cm³/mol. The van der Waals surface area contributed by atoms with Crippen LogP contribution in [0, 0.1) is 13.8 Å². The molecule has 2 heterocycles. The molecule has 4 rings (SSSR count). The summed E-state index contributed by atoms with van der Waals surface area (Å²) in [6.45, 7) is 3.82. The number of thioether (sulfide) groups is 1. The largest absolute Gasteiger partial charge is 0.325 e. The van der Waals surface area contributed by atoms with Crippen LogP contribution < -0.4 is 16.2 Å². The van der Waals surface area contributed by atoms with Crippen LogP contribution in [0.3, 0.4) is 0 Å². The maximum atomic E-state index is 12.4. The molecule has 9 nitrogen and oxygen atoms in total. The number of aromatic amines is 1. The van der Waals surface area contributed by atoms with E-state index in [1.807, 2.05) is 26.0 Å². The number of halogens is 1. The van der Waals surface area contributed by atoms with E-state index in [1.54, 1.807) is 30.3 Å². The summed E-state index contributed by atoms with van der Waals surface area (Å²) in [6.07, 6.45) is 1.42. The van der Waals surface area contributed by atoms with Crippen molar-refractivity contribution < 1.29 is 9.59 Å². The molecule has 3 N–H and O–H groups in total. The second-order valence-electron chi connectivity index (χ2n) is 7.25. The number of anilines is 1. The van der Waals surface area contributed by atoms with Crippen molar-refractivity contribution in [2.45, 2.75) is 19.0 Å². The molecule has 0 aliphatic carbocycles. The summed E-state index contributed by atoms with van der Waals surface area (Å²) < 4.78 is 1.50. The number of aryl methyl sites for hydroxylation is 2. The Hall–Kier alpha value is -3.63. The van der Waals surface area contributed by atoms with Crippen molar-refractivity contribution in [1.29, 1.82) is 0 Å². The molecule has 0 unspecified atom stereocenters. The van der Waals surface area contributed by atoms with Gasteiger partial charge in [0.2, 0.25) is 5.91 Å². The number of amides is 3. The van der Waals surface area contributed by atoms with Crippen LogP contribution in [0.25, 0.3) is 16.7 Å². The first-order chi connectivity index (χ1) is 15.8. The summed E-state index contributed by atoms with van der Waals surface area (Å²) >= 11 is 7.05. The van der Waals surface area contributed by atoms with Gasteiger partial charge in [-0.1, -0.05) is 47.1 Å². The van der Waals surface area contributed by atoms with E-state index in [9.17, 15) is 14.4 Å². The quantitative estimate of drug-likeness (QED) is 0.293. The highest BCUT2D eigenvalue weighted by atomic mass is 35.5. The van der Waals surface area contributed by atoms with Crippen LogP contribution in [-0.2, 0) is 4.79 Å². The normalized spacial score (nSPS) is 10.9. The standard InChI is InChI=1S/C22H19ClN6O3S/c1-12-6-7-17(13(2)8-12)25-21(32)26-18(30)11-33-22-27-19-16(20(31)28-22)10-24-29(19)15-5-3-4-14(23)9-15/h3-10H,11H2,1-2H3,(H,27,28,31)(H2,25,26,30,32). The SMILES string of the molecule is Cc1ccc(NC(=O)NC(=O)CSc2nc3c(cnn3-c3cccc(Cl)c3)c(=O)[nH]2)c(C)c1. The molecule has 0 atom stereocenters. The van der Waals surface area contributed by atoms with E-state index in [0.717, 1.165) is 22.9 Å². The minimum Gasteiger partial charge on any atom is -0.307 e. The summed E-state index contributed by atoms with van der Waals surface area (Å²) in [4.78, 5) is 43.9. The number of carbonyl (C=O) groups is 2. The number of nitrogens with one attached hydrogen (secondary N) is 3. The van der Waals surface area contributed by atoms with Crippen LogP contribution in [0.5, 0.6) is 0 Å². The third kappa shape index (κ3) is 5.24. The average molecular weight is 483 g/mol. The number of fused-ring (bicyclic) bond motifs is 1. The lowest BCUT2D eigenvalue weighted by atomic mass is 10.1. The number of rotatable bonds is 5. The van der Waals surface area contributed by atoms with Gasteiger partial charge in [-0.15, -0.1) is 0 Å². The van der Waals surface area contributed by atoms with Crippen molar-refractivity contribution in [3.63, 3.8) is 0 Å². The van der Waals surface area contributed by atoms with Crippen molar-refractivity contribution in [1.82, 2.24) is 25.1 Å². The topological polar surface area (TPSA) is 122 Å². The molecule has 2 aromatic heterocycles.